The van der Waals surface area contributed by atoms with E-state index in [4.69, 9.17) is 4.74 Å². The molecule has 6 rings (SSSR count). The number of hydrogen-bond donors (Lipinski definition) is 1. The minimum absolute atomic E-state index is 0.126. The van der Waals surface area contributed by atoms with Gasteiger partial charge in [0, 0.05) is 26.2 Å². The van der Waals surface area contributed by atoms with Gasteiger partial charge in [0.1, 0.15) is 11.6 Å². The summed E-state index contributed by atoms with van der Waals surface area (Å²) in [5.74, 6) is -2.35. The van der Waals surface area contributed by atoms with Crippen LogP contribution in [0.4, 0.5) is 0 Å². The zero-order valence-electron chi connectivity index (χ0n) is 22.6. The van der Waals surface area contributed by atoms with Gasteiger partial charge in [0.2, 0.25) is 17.7 Å². The monoisotopic (exact) mass is 541 g/mol. The normalized spacial score (nSPS) is 30.1. The summed E-state index contributed by atoms with van der Waals surface area (Å²) in [5.41, 5.74) is 0.368. The van der Waals surface area contributed by atoms with Gasteiger partial charge in [0.25, 0.3) is 0 Å². The van der Waals surface area contributed by atoms with Crippen LogP contribution in [0.1, 0.15) is 30.5 Å². The molecule has 1 N–H and O–H groups in total. The van der Waals surface area contributed by atoms with Crippen LogP contribution < -0.4 is 0 Å². The van der Waals surface area contributed by atoms with E-state index in [0.717, 1.165) is 17.5 Å². The van der Waals surface area contributed by atoms with E-state index in [2.05, 4.69) is 0 Å². The molecule has 4 aliphatic heterocycles. The van der Waals surface area contributed by atoms with Gasteiger partial charge >= 0.3 is 0 Å². The van der Waals surface area contributed by atoms with E-state index in [1.165, 1.54) is 4.90 Å². The maximum absolute atomic E-state index is 14.6. The van der Waals surface area contributed by atoms with E-state index in [1.807, 2.05) is 91.9 Å². The van der Waals surface area contributed by atoms with Gasteiger partial charge in [0.05, 0.1) is 30.6 Å². The summed E-state index contributed by atoms with van der Waals surface area (Å²) in [4.78, 5) is 48.0. The predicted molar refractivity (Wildman–Crippen MR) is 148 cm³/mol. The second-order valence-electron chi connectivity index (χ2n) is 11.0. The Kier molecular flexibility index (Phi) is 7.06. The van der Waals surface area contributed by atoms with Crippen molar-refractivity contribution < 1.29 is 24.2 Å². The van der Waals surface area contributed by atoms with Gasteiger partial charge in [-0.3, -0.25) is 14.4 Å². The van der Waals surface area contributed by atoms with Crippen LogP contribution in [0.25, 0.3) is 0 Å². The number of amides is 3. The molecule has 4 aliphatic rings. The molecule has 1 spiro atoms. The molecule has 0 radical (unpaired) electrons. The fourth-order valence-corrected chi connectivity index (χ4v) is 6.96. The van der Waals surface area contributed by atoms with E-state index < -0.39 is 35.6 Å². The maximum atomic E-state index is 14.6. The number of carbonyl (C=O) groups is 3. The van der Waals surface area contributed by atoms with E-state index in [-0.39, 0.29) is 24.3 Å². The molecule has 3 amide bonds. The first-order chi connectivity index (χ1) is 19.5. The molecular weight excluding hydrogens is 506 g/mol. The zero-order valence-corrected chi connectivity index (χ0v) is 22.6. The van der Waals surface area contributed by atoms with Crippen molar-refractivity contribution in [1.82, 2.24) is 14.7 Å². The molecule has 8 heteroatoms. The summed E-state index contributed by atoms with van der Waals surface area (Å²) in [7, 11) is 0. The van der Waals surface area contributed by atoms with Gasteiger partial charge in [-0.25, -0.2) is 0 Å². The second kappa shape index (κ2) is 10.7. The highest BCUT2D eigenvalue weighted by molar-refractivity contribution is 6.00. The minimum atomic E-state index is -1.33. The van der Waals surface area contributed by atoms with Crippen LogP contribution in [0.3, 0.4) is 0 Å². The highest BCUT2D eigenvalue weighted by Gasteiger charge is 2.72. The molecule has 2 fully saturated rings. The van der Waals surface area contributed by atoms with Crippen LogP contribution in [0.5, 0.6) is 0 Å². The number of aliphatic hydroxyl groups is 1. The molecule has 1 unspecified atom stereocenters. The first kappa shape index (κ1) is 26.5. The molecule has 2 saturated heterocycles. The maximum Gasteiger partial charge on any atom is 0.249 e. The fourth-order valence-electron chi connectivity index (χ4n) is 6.96. The lowest BCUT2D eigenvalue weighted by molar-refractivity contribution is -0.151. The Balaban J connectivity index is 1.47. The summed E-state index contributed by atoms with van der Waals surface area (Å²) in [6, 6.07) is 17.2. The molecule has 0 saturated carbocycles. The minimum Gasteiger partial charge on any atom is -0.394 e. The Hall–Kier alpha value is -3.75. The largest absolute Gasteiger partial charge is 0.394 e. The molecule has 2 aromatic rings. The van der Waals surface area contributed by atoms with Crippen molar-refractivity contribution in [2.45, 2.75) is 43.7 Å². The molecule has 0 aromatic heterocycles. The SMILES string of the molecule is CCCN1CC=C[C@@H]2O[C@]34C=CCN(Cc5ccccc5)C(=O)C3N([C@H](CO)c3ccccc3)C(=O)[C@@H]4[C@@H]2C1=O. The van der Waals surface area contributed by atoms with Gasteiger partial charge in [0.15, 0.2) is 0 Å². The first-order valence-corrected chi connectivity index (χ1v) is 14.1. The third-order valence-electron chi connectivity index (χ3n) is 8.67. The van der Waals surface area contributed by atoms with Crippen molar-refractivity contribution in [3.8, 4) is 0 Å². The van der Waals surface area contributed by atoms with Gasteiger partial charge in [-0.1, -0.05) is 91.9 Å². The number of ether oxygens (including phenoxy) is 1. The third-order valence-corrected chi connectivity index (χ3v) is 8.67. The number of aliphatic hydroxyl groups excluding tert-OH is 1. The van der Waals surface area contributed by atoms with Crippen molar-refractivity contribution in [1.29, 1.82) is 0 Å². The number of nitrogens with zero attached hydrogens (tertiary/aromatic N) is 3. The van der Waals surface area contributed by atoms with Gasteiger partial charge in [-0.15, -0.1) is 0 Å². The number of carbonyl (C=O) groups excluding carboxylic acids is 3. The van der Waals surface area contributed by atoms with Crippen LogP contribution in [-0.2, 0) is 25.7 Å². The lowest BCUT2D eigenvalue weighted by Gasteiger charge is -2.38. The average Bonchev–Trinajstić information content (AvgIpc) is 3.30. The quantitative estimate of drug-likeness (QED) is 0.545. The molecule has 208 valence electrons. The highest BCUT2D eigenvalue weighted by Crippen LogP contribution is 2.55. The van der Waals surface area contributed by atoms with E-state index in [0.29, 0.717) is 26.2 Å². The van der Waals surface area contributed by atoms with Crippen LogP contribution >= 0.6 is 0 Å². The second-order valence-corrected chi connectivity index (χ2v) is 11.0. The van der Waals surface area contributed by atoms with Gasteiger partial charge in [-0.05, 0) is 17.5 Å². The van der Waals surface area contributed by atoms with Crippen molar-refractivity contribution in [3.05, 3.63) is 96.1 Å². The van der Waals surface area contributed by atoms with E-state index in [9.17, 15) is 19.5 Å². The van der Waals surface area contributed by atoms with E-state index >= 15 is 0 Å². The van der Waals surface area contributed by atoms with Crippen molar-refractivity contribution in [2.75, 3.05) is 26.2 Å². The Bertz CT molecular complexity index is 1330. The molecule has 8 nitrogen and oxygen atoms in total. The lowest BCUT2D eigenvalue weighted by atomic mass is 9.77. The molecule has 2 aromatic carbocycles. The highest BCUT2D eigenvalue weighted by atomic mass is 16.5. The van der Waals surface area contributed by atoms with Crippen molar-refractivity contribution in [2.24, 2.45) is 11.8 Å². The molecule has 6 atom stereocenters. The summed E-state index contributed by atoms with van der Waals surface area (Å²) >= 11 is 0. The zero-order chi connectivity index (χ0) is 27.9. The number of fused-ring (bicyclic) bond motifs is 2. The molecule has 0 bridgehead atoms. The number of benzene rings is 2. The Morgan fingerprint density at radius 2 is 1.62 bits per heavy atom. The van der Waals surface area contributed by atoms with Crippen LogP contribution in [0.15, 0.2) is 85.0 Å². The smallest absolute Gasteiger partial charge is 0.249 e. The van der Waals surface area contributed by atoms with Crippen LogP contribution in [-0.4, -0.2) is 81.5 Å². The standard InChI is InChI=1S/C32H35N3O5/c1-2-17-33-18-9-15-25-26(29(33)37)27-30(38)35(24(21-36)23-13-7-4-8-14-23)28-31(39)34(19-10-16-32(27,28)40-25)20-22-11-5-3-6-12-22/h3-16,24-28,36H,2,17-21H2,1H3/t24-,25+,26-,27+,28?,32+/m1/s1. The molecule has 0 aliphatic carbocycles. The first-order valence-electron chi connectivity index (χ1n) is 14.1. The Morgan fingerprint density at radius 3 is 2.33 bits per heavy atom. The molecular formula is C32H35N3O5. The number of hydrogen-bond acceptors (Lipinski definition) is 5. The van der Waals surface area contributed by atoms with Crippen molar-refractivity contribution >= 4 is 17.7 Å². The van der Waals surface area contributed by atoms with E-state index in [1.54, 1.807) is 9.80 Å². The van der Waals surface area contributed by atoms with Crippen LogP contribution in [0.2, 0.25) is 0 Å². The van der Waals surface area contributed by atoms with Gasteiger partial charge in [-0.2, -0.15) is 0 Å². The summed E-state index contributed by atoms with van der Waals surface area (Å²) in [5, 5.41) is 10.6. The van der Waals surface area contributed by atoms with Crippen molar-refractivity contribution in [3.63, 3.8) is 0 Å². The number of rotatable bonds is 7. The number of likely N-dealkylation sites (tertiary alicyclic amines) is 1. The molecule has 4 heterocycles. The lowest BCUT2D eigenvalue weighted by Crippen LogP contribution is -2.56. The third kappa shape index (κ3) is 4.17. The Morgan fingerprint density at radius 1 is 0.925 bits per heavy atom. The molecule has 40 heavy (non-hydrogen) atoms. The van der Waals surface area contributed by atoms with Gasteiger partial charge < -0.3 is 24.5 Å². The fraction of sp³-hybridized carbons (Fsp3) is 0.406. The summed E-state index contributed by atoms with van der Waals surface area (Å²) in [6.45, 7) is 3.41. The topological polar surface area (TPSA) is 90.4 Å². The predicted octanol–water partition coefficient (Wildman–Crippen LogP) is 2.71. The van der Waals surface area contributed by atoms with Crippen LogP contribution in [0, 0.1) is 11.8 Å². The summed E-state index contributed by atoms with van der Waals surface area (Å²) in [6.07, 6.45) is 7.73. The Labute approximate surface area is 234 Å². The summed E-state index contributed by atoms with van der Waals surface area (Å²) < 4.78 is 6.73. The average molecular weight is 542 g/mol.